The molecule has 1 aromatic heterocycles. The monoisotopic (exact) mass is 329 g/mol. The van der Waals surface area contributed by atoms with Gasteiger partial charge in [0.2, 0.25) is 0 Å². The van der Waals surface area contributed by atoms with E-state index in [4.69, 9.17) is 9.47 Å². The Bertz CT molecular complexity index is 848. The molecule has 0 radical (unpaired) electrons. The van der Waals surface area contributed by atoms with Crippen molar-refractivity contribution in [1.29, 1.82) is 0 Å². The van der Waals surface area contributed by atoms with Crippen molar-refractivity contribution in [2.24, 2.45) is 0 Å². The number of hydrogen-bond donors (Lipinski definition) is 2. The molecule has 24 heavy (non-hydrogen) atoms. The number of ether oxygens (including phenoxy) is 2. The van der Waals surface area contributed by atoms with Crippen molar-refractivity contribution in [1.82, 2.24) is 9.55 Å². The van der Waals surface area contributed by atoms with E-state index >= 15 is 0 Å². The molecule has 0 aliphatic carbocycles. The number of nitrogens with zero attached hydrogens (tertiary/aromatic N) is 2. The second kappa shape index (κ2) is 5.61. The van der Waals surface area contributed by atoms with Gasteiger partial charge in [-0.2, -0.15) is 4.98 Å². The summed E-state index contributed by atoms with van der Waals surface area (Å²) in [6, 6.07) is 5.73. The molecule has 7 heteroatoms. The fourth-order valence-electron chi connectivity index (χ4n) is 3.20. The molecule has 7 nitrogen and oxygen atoms in total. The zero-order chi connectivity index (χ0) is 16.8. The molecule has 2 aromatic rings. The number of aliphatic hydroxyl groups is 1. The number of fused-ring (bicyclic) bond motifs is 2. The lowest BCUT2D eigenvalue weighted by Crippen LogP contribution is -2.28. The van der Waals surface area contributed by atoms with Gasteiger partial charge in [-0.1, -0.05) is 19.1 Å². The average Bonchev–Trinajstić information content (AvgIpc) is 2.94. The van der Waals surface area contributed by atoms with Gasteiger partial charge in [-0.05, 0) is 25.0 Å². The number of nitrogens with one attached hydrogen (secondary N) is 1. The molecule has 126 valence electrons. The zero-order valence-corrected chi connectivity index (χ0v) is 13.5. The minimum Gasteiger partial charge on any atom is -0.450 e. The number of hydrogen-bond acceptors (Lipinski definition) is 6. The van der Waals surface area contributed by atoms with Gasteiger partial charge in [0.25, 0.3) is 0 Å². The van der Waals surface area contributed by atoms with Gasteiger partial charge in [0, 0.05) is 6.42 Å². The van der Waals surface area contributed by atoms with E-state index in [0.29, 0.717) is 30.2 Å². The van der Waals surface area contributed by atoms with Crippen LogP contribution in [0, 0.1) is 6.92 Å². The number of rotatable bonds is 2. The molecule has 1 fully saturated rings. The molecule has 3 unspecified atom stereocenters. The van der Waals surface area contributed by atoms with Gasteiger partial charge in [-0.25, -0.2) is 4.79 Å². The first-order chi connectivity index (χ1) is 11.6. The highest BCUT2D eigenvalue weighted by atomic mass is 16.5. The fourth-order valence-corrected chi connectivity index (χ4v) is 3.20. The highest BCUT2D eigenvalue weighted by Crippen LogP contribution is 2.42. The third-order valence-electron chi connectivity index (χ3n) is 4.53. The predicted molar refractivity (Wildman–Crippen MR) is 87.9 cm³/mol. The Morgan fingerprint density at radius 2 is 2.25 bits per heavy atom. The van der Waals surface area contributed by atoms with Crippen LogP contribution in [0.4, 0.5) is 11.5 Å². The highest BCUT2D eigenvalue weighted by Gasteiger charge is 2.35. The molecule has 4 rings (SSSR count). The lowest BCUT2D eigenvalue weighted by molar-refractivity contribution is -0.0218. The van der Waals surface area contributed by atoms with Gasteiger partial charge in [0.1, 0.15) is 6.23 Å². The lowest BCUT2D eigenvalue weighted by Gasteiger charge is -2.23. The minimum absolute atomic E-state index is 0.264. The smallest absolute Gasteiger partial charge is 0.351 e. The van der Waals surface area contributed by atoms with E-state index in [0.717, 1.165) is 11.3 Å². The average molecular weight is 329 g/mol. The second-order valence-corrected chi connectivity index (χ2v) is 6.16. The van der Waals surface area contributed by atoms with Gasteiger partial charge in [-0.3, -0.25) is 4.57 Å². The molecular formula is C17H19N3O4. The Morgan fingerprint density at radius 1 is 1.42 bits per heavy atom. The maximum absolute atomic E-state index is 12.4. The molecule has 3 heterocycles. The summed E-state index contributed by atoms with van der Waals surface area (Å²) in [4.78, 5) is 16.5. The van der Waals surface area contributed by atoms with Crippen LogP contribution in [0.25, 0.3) is 0 Å². The number of aromatic nitrogens is 2. The summed E-state index contributed by atoms with van der Waals surface area (Å²) in [5, 5.41) is 13.2. The van der Waals surface area contributed by atoms with Crippen LogP contribution in [-0.2, 0) is 4.74 Å². The van der Waals surface area contributed by atoms with Crippen LogP contribution >= 0.6 is 0 Å². The van der Waals surface area contributed by atoms with Crippen LogP contribution in [0.1, 0.15) is 31.6 Å². The number of anilines is 2. The molecule has 0 bridgehead atoms. The third kappa shape index (κ3) is 2.37. The molecule has 1 aromatic carbocycles. The first-order valence-corrected chi connectivity index (χ1v) is 8.08. The van der Waals surface area contributed by atoms with Crippen LogP contribution in [-0.4, -0.2) is 26.9 Å². The molecule has 2 N–H and O–H groups in total. The van der Waals surface area contributed by atoms with E-state index in [-0.39, 0.29) is 6.10 Å². The summed E-state index contributed by atoms with van der Waals surface area (Å²) >= 11 is 0. The number of para-hydroxylation sites is 1. The van der Waals surface area contributed by atoms with Crippen molar-refractivity contribution < 1.29 is 14.6 Å². The van der Waals surface area contributed by atoms with Crippen LogP contribution in [0.3, 0.4) is 0 Å². The van der Waals surface area contributed by atoms with Crippen molar-refractivity contribution in [2.45, 2.75) is 45.1 Å². The van der Waals surface area contributed by atoms with Gasteiger partial charge >= 0.3 is 5.69 Å². The van der Waals surface area contributed by atoms with Gasteiger partial charge in [0.15, 0.2) is 17.3 Å². The summed E-state index contributed by atoms with van der Waals surface area (Å²) < 4.78 is 13.0. The first-order valence-electron chi connectivity index (χ1n) is 8.08. The molecule has 1 saturated heterocycles. The normalized spacial score (nSPS) is 24.7. The van der Waals surface area contributed by atoms with Gasteiger partial charge < -0.3 is 19.9 Å². The second-order valence-electron chi connectivity index (χ2n) is 6.16. The van der Waals surface area contributed by atoms with Crippen molar-refractivity contribution >= 4 is 11.5 Å². The van der Waals surface area contributed by atoms with Crippen LogP contribution in [0.2, 0.25) is 0 Å². The SMILES string of the molecule is CCC1OC(n2cc3c(nc2=O)Nc2c(C)cccc2O3)CC1O. The number of aryl methyl sites for hydroxylation is 1. The summed E-state index contributed by atoms with van der Waals surface area (Å²) in [7, 11) is 0. The van der Waals surface area contributed by atoms with Crippen molar-refractivity contribution in [3.8, 4) is 11.5 Å². The largest absolute Gasteiger partial charge is 0.450 e. The molecule has 2 aliphatic heterocycles. The van der Waals surface area contributed by atoms with Crippen molar-refractivity contribution in [2.75, 3.05) is 5.32 Å². The topological polar surface area (TPSA) is 85.6 Å². The molecule has 3 atom stereocenters. The zero-order valence-electron chi connectivity index (χ0n) is 13.5. The number of aliphatic hydroxyl groups excluding tert-OH is 1. The summed E-state index contributed by atoms with van der Waals surface area (Å²) in [6.45, 7) is 3.90. The van der Waals surface area contributed by atoms with E-state index in [1.54, 1.807) is 6.20 Å². The maximum atomic E-state index is 12.4. The van der Waals surface area contributed by atoms with E-state index < -0.39 is 18.0 Å². The van der Waals surface area contributed by atoms with Crippen LogP contribution in [0.5, 0.6) is 11.5 Å². The van der Waals surface area contributed by atoms with E-state index in [1.807, 2.05) is 32.0 Å². The Hall–Kier alpha value is -2.38. The van der Waals surface area contributed by atoms with E-state index in [2.05, 4.69) is 10.3 Å². The summed E-state index contributed by atoms with van der Waals surface area (Å²) in [6.07, 6.45) is 1.28. The first kappa shape index (κ1) is 15.2. The lowest BCUT2D eigenvalue weighted by atomic mass is 10.1. The molecule has 0 saturated carbocycles. The summed E-state index contributed by atoms with van der Waals surface area (Å²) in [5.74, 6) is 1.54. The quantitative estimate of drug-likeness (QED) is 0.751. The van der Waals surface area contributed by atoms with E-state index in [1.165, 1.54) is 4.57 Å². The standard InChI is InChI=1S/C17H19N3O4/c1-3-11-10(21)7-14(24-11)20-8-13-16(19-17(20)22)18-15-9(2)5-4-6-12(15)23-13/h4-6,8,10-11,14,21H,3,7H2,1-2H3,(H,18,19,22). The maximum Gasteiger partial charge on any atom is 0.351 e. The Morgan fingerprint density at radius 3 is 3.00 bits per heavy atom. The van der Waals surface area contributed by atoms with Crippen molar-refractivity contribution in [3.63, 3.8) is 0 Å². The molecule has 0 amide bonds. The molecule has 0 spiro atoms. The van der Waals surface area contributed by atoms with Crippen LogP contribution < -0.4 is 15.7 Å². The third-order valence-corrected chi connectivity index (χ3v) is 4.53. The predicted octanol–water partition coefficient (Wildman–Crippen LogP) is 2.46. The fraction of sp³-hybridized carbons (Fsp3) is 0.412. The van der Waals surface area contributed by atoms with Gasteiger partial charge in [-0.15, -0.1) is 0 Å². The van der Waals surface area contributed by atoms with E-state index in [9.17, 15) is 9.90 Å². The van der Waals surface area contributed by atoms with Gasteiger partial charge in [0.05, 0.1) is 24.1 Å². The highest BCUT2D eigenvalue weighted by molar-refractivity contribution is 5.74. The number of benzene rings is 1. The Kier molecular flexibility index (Phi) is 3.54. The van der Waals surface area contributed by atoms with Crippen LogP contribution in [0.15, 0.2) is 29.2 Å². The Balaban J connectivity index is 1.70. The molecular weight excluding hydrogens is 310 g/mol. The molecule has 2 aliphatic rings. The Labute approximate surface area is 138 Å². The summed E-state index contributed by atoms with van der Waals surface area (Å²) in [5.41, 5.74) is 1.39. The minimum atomic E-state index is -0.578. The van der Waals surface area contributed by atoms with Crippen molar-refractivity contribution in [3.05, 3.63) is 40.4 Å².